The summed E-state index contributed by atoms with van der Waals surface area (Å²) in [6.45, 7) is 2.24. The van der Waals surface area contributed by atoms with Crippen molar-refractivity contribution in [2.45, 2.75) is 82.3 Å². The summed E-state index contributed by atoms with van der Waals surface area (Å²) in [7, 11) is -2.42. The van der Waals surface area contributed by atoms with Gasteiger partial charge in [-0.25, -0.2) is 0 Å². The van der Waals surface area contributed by atoms with Crippen LogP contribution in [0.5, 0.6) is 0 Å². The average molecular weight is 341 g/mol. The van der Waals surface area contributed by atoms with Crippen molar-refractivity contribution in [3.8, 4) is 0 Å². The van der Waals surface area contributed by atoms with E-state index in [1.165, 1.54) is 37.7 Å². The third kappa shape index (κ3) is 5.70. The van der Waals surface area contributed by atoms with Gasteiger partial charge in [0.15, 0.2) is 0 Å². The first kappa shape index (κ1) is 18.0. The van der Waals surface area contributed by atoms with Crippen molar-refractivity contribution in [2.24, 2.45) is 0 Å². The van der Waals surface area contributed by atoms with E-state index in [0.29, 0.717) is 5.92 Å². The van der Waals surface area contributed by atoms with Crippen LogP contribution < -0.4 is 0 Å². The Hall–Kier alpha value is -0.343. The molecule has 0 aliphatic carbocycles. The monoisotopic (exact) mass is 340 g/mol. The van der Waals surface area contributed by atoms with Crippen LogP contribution in [0, 0.1) is 0 Å². The molecule has 0 atom stereocenters. The molecule has 0 bridgehead atoms. The molecule has 0 N–H and O–H groups in total. The van der Waals surface area contributed by atoms with Gasteiger partial charge in [-0.3, -0.25) is 0 Å². The zero-order valence-electron chi connectivity index (χ0n) is 13.9. The Kier molecular flexibility index (Phi) is 7.43. The van der Waals surface area contributed by atoms with Crippen LogP contribution in [-0.4, -0.2) is 8.41 Å². The van der Waals surface area contributed by atoms with Crippen molar-refractivity contribution in [1.82, 2.24) is 0 Å². The Morgan fingerprint density at radius 3 is 2.23 bits per heavy atom. The first-order chi connectivity index (χ1) is 10.6. The van der Waals surface area contributed by atoms with E-state index in [-0.39, 0.29) is 0 Å². The van der Waals surface area contributed by atoms with Gasteiger partial charge in [-0.1, -0.05) is 69.2 Å². The average Bonchev–Trinajstić information content (AvgIpc) is 2.53. The van der Waals surface area contributed by atoms with E-state index in [2.05, 4.69) is 19.1 Å². The molecule has 0 aromatic heterocycles. The van der Waals surface area contributed by atoms with Crippen LogP contribution in [0.4, 0.5) is 4.11 Å². The van der Waals surface area contributed by atoms with Gasteiger partial charge >= 0.3 is 0 Å². The van der Waals surface area contributed by atoms with E-state index in [1.54, 1.807) is 0 Å². The van der Waals surface area contributed by atoms with Crippen LogP contribution in [0.3, 0.4) is 0 Å². The minimum absolute atomic E-state index is 0.554. The number of halogens is 2. The fourth-order valence-corrected chi connectivity index (χ4v) is 7.17. The van der Waals surface area contributed by atoms with Gasteiger partial charge in [0.2, 0.25) is 8.41 Å². The number of benzene rings is 1. The zero-order chi connectivity index (χ0) is 15.8. The predicted molar refractivity (Wildman–Crippen MR) is 98.1 cm³/mol. The van der Waals surface area contributed by atoms with E-state index in [4.69, 9.17) is 11.6 Å². The molecule has 1 aromatic carbocycles. The van der Waals surface area contributed by atoms with E-state index in [9.17, 15) is 0 Å². The van der Waals surface area contributed by atoms with Crippen molar-refractivity contribution >= 4 is 20.0 Å². The Labute approximate surface area is 141 Å². The SMILES string of the molecule is CCCCCCCC[Si]1(F)CCC(c2ccc(Cl)cc2)CC1. The van der Waals surface area contributed by atoms with Crippen molar-refractivity contribution in [1.29, 1.82) is 0 Å². The normalized spacial score (nSPS) is 25.3. The van der Waals surface area contributed by atoms with E-state index < -0.39 is 8.41 Å². The second kappa shape index (κ2) is 9.07. The van der Waals surface area contributed by atoms with E-state index >= 15 is 4.11 Å². The number of unbranched alkanes of at least 4 members (excludes halogenated alkanes) is 5. The van der Waals surface area contributed by atoms with Crippen LogP contribution >= 0.6 is 11.6 Å². The standard InChI is InChI=1S/C19H30ClFSi/c1-2-3-4-5-6-7-14-22(21)15-12-18(13-16-22)17-8-10-19(20)11-9-17/h8-11,18H,2-7,12-16H2,1H3. The summed E-state index contributed by atoms with van der Waals surface area (Å²) >= 11 is 5.95. The molecule has 3 heteroatoms. The van der Waals surface area contributed by atoms with Gasteiger partial charge in [0, 0.05) is 5.02 Å². The molecule has 1 aliphatic rings. The molecule has 2 rings (SSSR count). The summed E-state index contributed by atoms with van der Waals surface area (Å²) in [6.07, 6.45) is 9.69. The lowest BCUT2D eigenvalue weighted by Gasteiger charge is -2.32. The highest BCUT2D eigenvalue weighted by Gasteiger charge is 2.38. The molecule has 0 unspecified atom stereocenters. The topological polar surface area (TPSA) is 0 Å². The molecule has 1 heterocycles. The molecular weight excluding hydrogens is 311 g/mol. The van der Waals surface area contributed by atoms with Gasteiger partial charge in [-0.2, -0.15) is 0 Å². The molecule has 0 radical (unpaired) electrons. The summed E-state index contributed by atoms with van der Waals surface area (Å²) in [6, 6.07) is 10.8. The minimum atomic E-state index is -2.42. The first-order valence-electron chi connectivity index (χ1n) is 9.07. The van der Waals surface area contributed by atoms with Gasteiger partial charge < -0.3 is 4.11 Å². The van der Waals surface area contributed by atoms with Crippen molar-refractivity contribution < 1.29 is 4.11 Å². The highest BCUT2D eigenvalue weighted by atomic mass is 35.5. The quantitative estimate of drug-likeness (QED) is 0.261. The fourth-order valence-electron chi connectivity index (χ4n) is 3.68. The highest BCUT2D eigenvalue weighted by molar-refractivity contribution is 6.73. The maximum absolute atomic E-state index is 15.0. The largest absolute Gasteiger partial charge is 0.314 e. The number of hydrogen-bond acceptors (Lipinski definition) is 0. The Morgan fingerprint density at radius 2 is 1.59 bits per heavy atom. The lowest BCUT2D eigenvalue weighted by Crippen LogP contribution is -2.33. The summed E-state index contributed by atoms with van der Waals surface area (Å²) < 4.78 is 15.0. The molecule has 1 aliphatic heterocycles. The lowest BCUT2D eigenvalue weighted by molar-refractivity contribution is 0.546. The molecular formula is C19H30ClFSi. The molecule has 124 valence electrons. The molecule has 22 heavy (non-hydrogen) atoms. The minimum Gasteiger partial charge on any atom is -0.314 e. The predicted octanol–water partition coefficient (Wildman–Crippen LogP) is 7.49. The van der Waals surface area contributed by atoms with Crippen LogP contribution in [0.15, 0.2) is 24.3 Å². The first-order valence-corrected chi connectivity index (χ1v) is 11.9. The summed E-state index contributed by atoms with van der Waals surface area (Å²) in [5.41, 5.74) is 1.35. The summed E-state index contributed by atoms with van der Waals surface area (Å²) in [5.74, 6) is 0.554. The van der Waals surface area contributed by atoms with Crippen LogP contribution in [0.2, 0.25) is 23.2 Å². The van der Waals surface area contributed by atoms with Crippen molar-refractivity contribution in [3.63, 3.8) is 0 Å². The van der Waals surface area contributed by atoms with Gasteiger partial charge in [0.1, 0.15) is 0 Å². The smallest absolute Gasteiger partial charge is 0.247 e. The second-order valence-electron chi connectivity index (χ2n) is 6.99. The van der Waals surface area contributed by atoms with E-state index in [1.807, 2.05) is 12.1 Å². The molecule has 0 amide bonds. The van der Waals surface area contributed by atoms with Gasteiger partial charge in [0.05, 0.1) is 0 Å². The van der Waals surface area contributed by atoms with Crippen LogP contribution in [0.1, 0.15) is 69.8 Å². The van der Waals surface area contributed by atoms with Gasteiger partial charge in [-0.15, -0.1) is 0 Å². The summed E-state index contributed by atoms with van der Waals surface area (Å²) in [4.78, 5) is 0. The van der Waals surface area contributed by atoms with E-state index in [0.717, 1.165) is 42.4 Å². The third-order valence-corrected chi connectivity index (χ3v) is 9.07. The third-order valence-electron chi connectivity index (χ3n) is 5.20. The Bertz CT molecular complexity index is 424. The maximum Gasteiger partial charge on any atom is 0.247 e. The van der Waals surface area contributed by atoms with Gasteiger partial charge in [-0.05, 0) is 54.6 Å². The Morgan fingerprint density at radius 1 is 1.00 bits per heavy atom. The zero-order valence-corrected chi connectivity index (χ0v) is 15.7. The maximum atomic E-state index is 15.0. The van der Waals surface area contributed by atoms with Crippen molar-refractivity contribution in [3.05, 3.63) is 34.9 Å². The molecule has 1 saturated heterocycles. The fraction of sp³-hybridized carbons (Fsp3) is 0.684. The number of rotatable bonds is 8. The number of hydrogen-bond donors (Lipinski definition) is 0. The van der Waals surface area contributed by atoms with Gasteiger partial charge in [0.25, 0.3) is 0 Å². The van der Waals surface area contributed by atoms with Crippen LogP contribution in [0.25, 0.3) is 0 Å². The Balaban J connectivity index is 1.70. The second-order valence-corrected chi connectivity index (χ2v) is 11.2. The molecule has 0 saturated carbocycles. The molecule has 0 spiro atoms. The summed E-state index contributed by atoms with van der Waals surface area (Å²) in [5, 5.41) is 0.789. The van der Waals surface area contributed by atoms with Crippen molar-refractivity contribution in [2.75, 3.05) is 0 Å². The van der Waals surface area contributed by atoms with Crippen LogP contribution in [-0.2, 0) is 0 Å². The molecule has 1 aromatic rings. The molecule has 0 nitrogen and oxygen atoms in total. The highest BCUT2D eigenvalue weighted by Crippen LogP contribution is 2.41. The lowest BCUT2D eigenvalue weighted by atomic mass is 9.94. The molecule has 1 fully saturated rings.